The van der Waals surface area contributed by atoms with E-state index in [-0.39, 0.29) is 17.6 Å². The molecule has 1 heterocycles. The second kappa shape index (κ2) is 5.94. The van der Waals surface area contributed by atoms with Gasteiger partial charge in [0.2, 0.25) is 5.91 Å². The molecule has 2 atom stereocenters. The van der Waals surface area contributed by atoms with Crippen molar-refractivity contribution in [1.82, 2.24) is 4.90 Å². The highest BCUT2D eigenvalue weighted by Gasteiger charge is 2.31. The molecule has 0 bridgehead atoms. The molecule has 1 saturated heterocycles. The van der Waals surface area contributed by atoms with Gasteiger partial charge in [-0.3, -0.25) is 4.79 Å². The molecule has 1 fully saturated rings. The van der Waals surface area contributed by atoms with Crippen LogP contribution in [-0.2, 0) is 9.59 Å². The van der Waals surface area contributed by atoms with Crippen LogP contribution < -0.4 is 4.74 Å². The van der Waals surface area contributed by atoms with E-state index in [1.165, 1.54) is 6.92 Å². The van der Waals surface area contributed by atoms with Crippen molar-refractivity contribution in [3.8, 4) is 11.5 Å². The Hall–Kier alpha value is -2.04. The third-order valence-electron chi connectivity index (χ3n) is 3.88. The standard InChI is InChI=1S/C15H19NO4/c1-10(18)16-6-5-11(7-12(16)9-17)14-8-13(20-2)3-4-15(14)19/h3-4,8-9,11-12,19H,5-7H2,1-2H3. The number of rotatable bonds is 3. The third kappa shape index (κ3) is 2.76. The van der Waals surface area contributed by atoms with Gasteiger partial charge < -0.3 is 19.5 Å². The molecule has 0 saturated carbocycles. The van der Waals surface area contributed by atoms with Crippen LogP contribution in [0.4, 0.5) is 0 Å². The highest BCUT2D eigenvalue weighted by Crippen LogP contribution is 2.37. The van der Waals surface area contributed by atoms with Crippen molar-refractivity contribution in [3.05, 3.63) is 23.8 Å². The molecule has 20 heavy (non-hydrogen) atoms. The summed E-state index contributed by atoms with van der Waals surface area (Å²) in [5.74, 6) is 0.845. The van der Waals surface area contributed by atoms with Gasteiger partial charge in [0.25, 0.3) is 0 Å². The first kappa shape index (κ1) is 14.4. The van der Waals surface area contributed by atoms with Crippen LogP contribution in [0.1, 0.15) is 31.2 Å². The lowest BCUT2D eigenvalue weighted by Crippen LogP contribution is -2.45. The molecule has 1 aliphatic rings. The SMILES string of the molecule is COc1ccc(O)c(C2CCN(C(C)=O)C(C=O)C2)c1. The number of benzene rings is 1. The van der Waals surface area contributed by atoms with Crippen molar-refractivity contribution in [2.24, 2.45) is 0 Å². The number of phenolic OH excluding ortho intramolecular Hbond substituents is 1. The molecule has 1 aromatic rings. The molecule has 2 unspecified atom stereocenters. The Morgan fingerprint density at radius 3 is 2.85 bits per heavy atom. The van der Waals surface area contributed by atoms with Crippen LogP contribution in [0, 0.1) is 0 Å². The largest absolute Gasteiger partial charge is 0.508 e. The smallest absolute Gasteiger partial charge is 0.220 e. The molecule has 0 aromatic heterocycles. The minimum absolute atomic E-state index is 0.0518. The summed E-state index contributed by atoms with van der Waals surface area (Å²) >= 11 is 0. The third-order valence-corrected chi connectivity index (χ3v) is 3.88. The number of methoxy groups -OCH3 is 1. The van der Waals surface area contributed by atoms with Crippen LogP contribution in [-0.4, -0.2) is 41.9 Å². The van der Waals surface area contributed by atoms with Crippen molar-refractivity contribution in [2.75, 3.05) is 13.7 Å². The Labute approximate surface area is 118 Å². The number of nitrogens with zero attached hydrogens (tertiary/aromatic N) is 1. The molecular weight excluding hydrogens is 258 g/mol. The summed E-state index contributed by atoms with van der Waals surface area (Å²) in [6, 6.07) is 4.67. The van der Waals surface area contributed by atoms with Crippen LogP contribution in [0.3, 0.4) is 0 Å². The normalized spacial score (nSPS) is 22.4. The first-order valence-electron chi connectivity index (χ1n) is 6.66. The molecule has 1 aromatic carbocycles. The summed E-state index contributed by atoms with van der Waals surface area (Å²) in [4.78, 5) is 24.2. The second-order valence-corrected chi connectivity index (χ2v) is 5.06. The topological polar surface area (TPSA) is 66.8 Å². The number of carbonyl (C=O) groups is 2. The van der Waals surface area contributed by atoms with E-state index in [1.807, 2.05) is 0 Å². The van der Waals surface area contributed by atoms with Crippen LogP contribution in [0.15, 0.2) is 18.2 Å². The number of carbonyl (C=O) groups excluding carboxylic acids is 2. The molecule has 5 nitrogen and oxygen atoms in total. The fourth-order valence-electron chi connectivity index (χ4n) is 2.79. The van der Waals surface area contributed by atoms with Gasteiger partial charge in [-0.15, -0.1) is 0 Å². The van der Waals surface area contributed by atoms with Crippen molar-refractivity contribution in [2.45, 2.75) is 31.7 Å². The van der Waals surface area contributed by atoms with Crippen LogP contribution in [0.2, 0.25) is 0 Å². The van der Waals surface area contributed by atoms with E-state index in [1.54, 1.807) is 30.2 Å². The Kier molecular flexibility index (Phi) is 4.27. The van der Waals surface area contributed by atoms with E-state index in [2.05, 4.69) is 0 Å². The number of likely N-dealkylation sites (tertiary alicyclic amines) is 1. The van der Waals surface area contributed by atoms with Gasteiger partial charge in [-0.2, -0.15) is 0 Å². The van der Waals surface area contributed by atoms with E-state index in [0.29, 0.717) is 18.7 Å². The zero-order valence-corrected chi connectivity index (χ0v) is 11.7. The van der Waals surface area contributed by atoms with Gasteiger partial charge in [0, 0.05) is 19.0 Å². The molecule has 1 aliphatic heterocycles. The Bertz CT molecular complexity index is 515. The first-order chi connectivity index (χ1) is 9.56. The quantitative estimate of drug-likeness (QED) is 0.854. The summed E-state index contributed by atoms with van der Waals surface area (Å²) in [6.45, 7) is 2.00. The maximum Gasteiger partial charge on any atom is 0.220 e. The lowest BCUT2D eigenvalue weighted by molar-refractivity contribution is -0.136. The van der Waals surface area contributed by atoms with Gasteiger partial charge in [-0.25, -0.2) is 0 Å². The van der Waals surface area contributed by atoms with E-state index in [0.717, 1.165) is 18.3 Å². The van der Waals surface area contributed by atoms with Crippen molar-refractivity contribution in [3.63, 3.8) is 0 Å². The van der Waals surface area contributed by atoms with Crippen LogP contribution in [0.5, 0.6) is 11.5 Å². The predicted molar refractivity (Wildman–Crippen MR) is 73.9 cm³/mol. The van der Waals surface area contributed by atoms with Gasteiger partial charge in [-0.05, 0) is 37.0 Å². The lowest BCUT2D eigenvalue weighted by atomic mass is 9.85. The van der Waals surface area contributed by atoms with E-state index in [9.17, 15) is 14.7 Å². The van der Waals surface area contributed by atoms with Crippen LogP contribution in [0.25, 0.3) is 0 Å². The molecule has 5 heteroatoms. The van der Waals surface area contributed by atoms with E-state index < -0.39 is 6.04 Å². The Morgan fingerprint density at radius 2 is 2.25 bits per heavy atom. The number of aldehydes is 1. The molecule has 1 N–H and O–H groups in total. The highest BCUT2D eigenvalue weighted by atomic mass is 16.5. The summed E-state index contributed by atoms with van der Waals surface area (Å²) in [7, 11) is 1.57. The maximum absolute atomic E-state index is 11.5. The average Bonchev–Trinajstić information content (AvgIpc) is 2.47. The number of piperidine rings is 1. The van der Waals surface area contributed by atoms with Crippen molar-refractivity contribution in [1.29, 1.82) is 0 Å². The first-order valence-corrected chi connectivity index (χ1v) is 6.66. The molecule has 2 rings (SSSR count). The van der Waals surface area contributed by atoms with Gasteiger partial charge in [0.05, 0.1) is 13.2 Å². The Morgan fingerprint density at radius 1 is 1.50 bits per heavy atom. The van der Waals surface area contributed by atoms with Gasteiger partial charge in [0.1, 0.15) is 17.8 Å². The highest BCUT2D eigenvalue weighted by molar-refractivity contribution is 5.77. The number of ether oxygens (including phenoxy) is 1. The maximum atomic E-state index is 11.5. The van der Waals surface area contributed by atoms with Crippen molar-refractivity contribution < 1.29 is 19.4 Å². The zero-order chi connectivity index (χ0) is 14.7. The molecule has 0 aliphatic carbocycles. The minimum Gasteiger partial charge on any atom is -0.508 e. The van der Waals surface area contributed by atoms with Gasteiger partial charge >= 0.3 is 0 Å². The molecule has 0 radical (unpaired) electrons. The minimum atomic E-state index is -0.420. The predicted octanol–water partition coefficient (Wildman–Crippen LogP) is 1.69. The Balaban J connectivity index is 2.23. The summed E-state index contributed by atoms with van der Waals surface area (Å²) in [6.07, 6.45) is 2.07. The number of hydrogen-bond donors (Lipinski definition) is 1. The second-order valence-electron chi connectivity index (χ2n) is 5.06. The average molecular weight is 277 g/mol. The monoisotopic (exact) mass is 277 g/mol. The van der Waals surface area contributed by atoms with E-state index >= 15 is 0 Å². The van der Waals surface area contributed by atoms with Crippen molar-refractivity contribution >= 4 is 12.2 Å². The number of phenols is 1. The van der Waals surface area contributed by atoms with E-state index in [4.69, 9.17) is 4.74 Å². The van der Waals surface area contributed by atoms with Gasteiger partial charge in [0.15, 0.2) is 0 Å². The summed E-state index contributed by atoms with van der Waals surface area (Å²) in [5, 5.41) is 9.99. The van der Waals surface area contributed by atoms with Crippen LogP contribution >= 0.6 is 0 Å². The zero-order valence-electron chi connectivity index (χ0n) is 11.7. The molecular formula is C15H19NO4. The molecule has 108 valence electrons. The summed E-state index contributed by atoms with van der Waals surface area (Å²) < 4.78 is 5.17. The number of aromatic hydroxyl groups is 1. The summed E-state index contributed by atoms with van der Waals surface area (Å²) in [5.41, 5.74) is 0.777. The fraction of sp³-hybridized carbons (Fsp3) is 0.467. The van der Waals surface area contributed by atoms with Gasteiger partial charge in [-0.1, -0.05) is 0 Å². The fourth-order valence-corrected chi connectivity index (χ4v) is 2.79. The number of hydrogen-bond acceptors (Lipinski definition) is 4. The molecule has 1 amide bonds. The lowest BCUT2D eigenvalue weighted by Gasteiger charge is -2.36. The number of amides is 1. The molecule has 0 spiro atoms.